The highest BCUT2D eigenvalue weighted by Crippen LogP contribution is 2.23. The Labute approximate surface area is 190 Å². The quantitative estimate of drug-likeness (QED) is 0.216. The van der Waals surface area contributed by atoms with Gasteiger partial charge < -0.3 is 4.74 Å². The first-order valence-corrected chi connectivity index (χ1v) is 11.6. The van der Waals surface area contributed by atoms with Gasteiger partial charge in [-0.25, -0.2) is 0 Å². The highest BCUT2D eigenvalue weighted by atomic mass is 32.2. The van der Waals surface area contributed by atoms with Crippen LogP contribution in [0.4, 0.5) is 0 Å². The molecule has 0 aliphatic carbocycles. The highest BCUT2D eigenvalue weighted by Gasteiger charge is 2.18. The fourth-order valence-electron chi connectivity index (χ4n) is 3.66. The molecule has 0 bridgehead atoms. The van der Waals surface area contributed by atoms with E-state index in [9.17, 15) is 9.59 Å². The summed E-state index contributed by atoms with van der Waals surface area (Å²) in [5.41, 5.74) is 2.51. The Morgan fingerprint density at radius 1 is 1.09 bits per heavy atom. The fourth-order valence-corrected chi connectivity index (χ4v) is 4.50. The molecule has 0 atom stereocenters. The van der Waals surface area contributed by atoms with Crippen molar-refractivity contribution in [1.29, 1.82) is 0 Å². The number of benzene rings is 2. The molecule has 32 heavy (non-hydrogen) atoms. The van der Waals surface area contributed by atoms with Crippen LogP contribution in [0.15, 0.2) is 58.5 Å². The Balaban J connectivity index is 1.66. The van der Waals surface area contributed by atoms with E-state index in [1.54, 1.807) is 17.7 Å². The van der Waals surface area contributed by atoms with Crippen LogP contribution >= 0.6 is 11.8 Å². The van der Waals surface area contributed by atoms with E-state index in [1.165, 1.54) is 17.3 Å². The summed E-state index contributed by atoms with van der Waals surface area (Å²) in [5, 5.41) is 9.78. The molecular weight excluding hydrogens is 424 g/mol. The molecule has 0 saturated carbocycles. The number of thioether (sulfide) groups is 1. The van der Waals surface area contributed by atoms with Crippen LogP contribution in [0, 0.1) is 0 Å². The summed E-state index contributed by atoms with van der Waals surface area (Å²) in [6, 6.07) is 15.2. The van der Waals surface area contributed by atoms with Gasteiger partial charge in [0, 0.05) is 25.8 Å². The molecule has 4 aromatic rings. The average molecular weight is 451 g/mol. The van der Waals surface area contributed by atoms with Crippen molar-refractivity contribution < 1.29 is 9.53 Å². The van der Waals surface area contributed by atoms with Gasteiger partial charge in [-0.05, 0) is 30.0 Å². The monoisotopic (exact) mass is 450 g/mol. The van der Waals surface area contributed by atoms with E-state index in [4.69, 9.17) is 4.74 Å². The predicted octanol–water partition coefficient (Wildman–Crippen LogP) is 4.18. The topological polar surface area (TPSA) is 78.5 Å². The van der Waals surface area contributed by atoms with Gasteiger partial charge in [-0.2, -0.15) is 0 Å². The number of para-hydroxylation sites is 1. The molecule has 4 rings (SSSR count). The molecule has 0 unspecified atom stereocenters. The normalized spacial score (nSPS) is 11.6. The molecule has 2 aromatic carbocycles. The fraction of sp³-hybridized carbons (Fsp3) is 0.333. The van der Waals surface area contributed by atoms with Crippen LogP contribution < -0.4 is 5.56 Å². The summed E-state index contributed by atoms with van der Waals surface area (Å²) in [5.74, 6) is 1.16. The lowest BCUT2D eigenvalue weighted by Crippen LogP contribution is -2.24. The van der Waals surface area contributed by atoms with Gasteiger partial charge in [0.2, 0.25) is 5.78 Å². The molecular formula is C24H26N4O3S. The third-order valence-electron chi connectivity index (χ3n) is 5.44. The number of Topliss-reactive ketones (excluding diaryl/α,β-unsaturated/α-hetero) is 1. The van der Waals surface area contributed by atoms with Crippen LogP contribution in [-0.4, -0.2) is 44.4 Å². The van der Waals surface area contributed by atoms with Gasteiger partial charge in [-0.3, -0.25) is 18.6 Å². The third-order valence-corrected chi connectivity index (χ3v) is 6.37. The lowest BCUT2D eigenvalue weighted by Gasteiger charge is -2.11. The Morgan fingerprint density at radius 3 is 2.56 bits per heavy atom. The van der Waals surface area contributed by atoms with Crippen LogP contribution in [0.2, 0.25) is 0 Å². The van der Waals surface area contributed by atoms with Gasteiger partial charge in [-0.1, -0.05) is 62.0 Å². The second-order valence-electron chi connectivity index (χ2n) is 7.93. The first kappa shape index (κ1) is 22.2. The van der Waals surface area contributed by atoms with Gasteiger partial charge in [0.25, 0.3) is 5.56 Å². The van der Waals surface area contributed by atoms with Crippen LogP contribution in [0.25, 0.3) is 16.7 Å². The number of fused-ring (bicyclic) bond motifs is 3. The average Bonchev–Trinajstić information content (AvgIpc) is 3.23. The number of methoxy groups -OCH3 is 1. The van der Waals surface area contributed by atoms with E-state index in [-0.39, 0.29) is 17.1 Å². The van der Waals surface area contributed by atoms with Crippen molar-refractivity contribution in [2.45, 2.75) is 37.9 Å². The van der Waals surface area contributed by atoms with Crippen LogP contribution in [0.3, 0.4) is 0 Å². The number of nitrogens with zero attached hydrogens (tertiary/aromatic N) is 4. The molecule has 0 spiro atoms. The Kier molecular flexibility index (Phi) is 6.72. The van der Waals surface area contributed by atoms with Crippen molar-refractivity contribution in [2.24, 2.45) is 0 Å². The highest BCUT2D eigenvalue weighted by molar-refractivity contribution is 7.99. The molecule has 0 fully saturated rings. The lowest BCUT2D eigenvalue weighted by atomic mass is 10.0. The lowest BCUT2D eigenvalue weighted by molar-refractivity contribution is 0.102. The second kappa shape index (κ2) is 9.67. The first-order valence-electron chi connectivity index (χ1n) is 10.6. The molecule has 0 aliphatic heterocycles. The number of ketones is 1. The Hall–Kier alpha value is -2.97. The summed E-state index contributed by atoms with van der Waals surface area (Å²) in [6.45, 7) is 5.28. The molecule has 0 aliphatic rings. The first-order chi connectivity index (χ1) is 15.5. The van der Waals surface area contributed by atoms with Gasteiger partial charge >= 0.3 is 0 Å². The molecule has 0 amide bonds. The number of ether oxygens (including phenoxy) is 1. The minimum absolute atomic E-state index is 0.0276. The van der Waals surface area contributed by atoms with E-state index in [1.807, 2.05) is 46.9 Å². The number of rotatable bonds is 9. The Morgan fingerprint density at radius 2 is 1.84 bits per heavy atom. The maximum atomic E-state index is 13.1. The van der Waals surface area contributed by atoms with Gasteiger partial charge in [-0.15, -0.1) is 10.2 Å². The van der Waals surface area contributed by atoms with Crippen molar-refractivity contribution in [3.8, 4) is 0 Å². The zero-order chi connectivity index (χ0) is 22.7. The number of aromatic nitrogens is 4. The van der Waals surface area contributed by atoms with E-state index in [2.05, 4.69) is 24.0 Å². The van der Waals surface area contributed by atoms with Crippen LogP contribution in [0.1, 0.15) is 42.1 Å². The van der Waals surface area contributed by atoms with E-state index in [0.29, 0.717) is 47.4 Å². The van der Waals surface area contributed by atoms with Gasteiger partial charge in [0.1, 0.15) is 0 Å². The number of aryl methyl sites for hydroxylation is 1. The second-order valence-corrected chi connectivity index (χ2v) is 8.87. The third kappa shape index (κ3) is 4.33. The predicted molar refractivity (Wildman–Crippen MR) is 127 cm³/mol. The largest absolute Gasteiger partial charge is 0.385 e. The van der Waals surface area contributed by atoms with Gasteiger partial charge in [0.05, 0.1) is 16.7 Å². The van der Waals surface area contributed by atoms with Crippen molar-refractivity contribution in [2.75, 3.05) is 19.5 Å². The number of carbonyl (C=O) groups excluding carboxylic acids is 1. The van der Waals surface area contributed by atoms with Crippen molar-refractivity contribution in [3.63, 3.8) is 0 Å². The SMILES string of the molecule is COCCCn1c(=O)c2ccccc2n2c(SCC(=O)c3ccc(C(C)C)cc3)nnc12. The molecule has 2 aromatic heterocycles. The number of hydrogen-bond donors (Lipinski definition) is 0. The molecule has 2 heterocycles. The molecule has 0 radical (unpaired) electrons. The van der Waals surface area contributed by atoms with Crippen LogP contribution in [0.5, 0.6) is 0 Å². The van der Waals surface area contributed by atoms with Gasteiger partial charge in [0.15, 0.2) is 10.9 Å². The summed E-state index contributed by atoms with van der Waals surface area (Å²) in [6.07, 6.45) is 0.685. The number of carbonyl (C=O) groups is 1. The zero-order valence-electron chi connectivity index (χ0n) is 18.4. The zero-order valence-corrected chi connectivity index (χ0v) is 19.3. The van der Waals surface area contributed by atoms with E-state index >= 15 is 0 Å². The van der Waals surface area contributed by atoms with Crippen molar-refractivity contribution in [1.82, 2.24) is 19.2 Å². The van der Waals surface area contributed by atoms with Crippen molar-refractivity contribution in [3.05, 3.63) is 70.0 Å². The summed E-state index contributed by atoms with van der Waals surface area (Å²) < 4.78 is 8.63. The molecule has 8 heteroatoms. The minimum atomic E-state index is -0.102. The summed E-state index contributed by atoms with van der Waals surface area (Å²) in [4.78, 5) is 25.8. The molecule has 7 nitrogen and oxygen atoms in total. The maximum Gasteiger partial charge on any atom is 0.262 e. The number of hydrogen-bond acceptors (Lipinski definition) is 6. The van der Waals surface area contributed by atoms with E-state index < -0.39 is 0 Å². The molecule has 166 valence electrons. The van der Waals surface area contributed by atoms with Crippen molar-refractivity contribution >= 4 is 34.2 Å². The van der Waals surface area contributed by atoms with E-state index in [0.717, 1.165) is 5.52 Å². The van der Waals surface area contributed by atoms with Crippen LogP contribution in [-0.2, 0) is 11.3 Å². The minimum Gasteiger partial charge on any atom is -0.385 e. The standard InChI is InChI=1S/C24H26N4O3S/c1-16(2)17-9-11-18(12-10-17)21(29)15-32-24-26-25-23-27(13-6-14-31-3)22(30)19-7-4-5-8-20(19)28(23)24/h4-5,7-12,16H,6,13-15H2,1-3H3. The molecule has 0 N–H and O–H groups in total. The summed E-state index contributed by atoms with van der Waals surface area (Å²) >= 11 is 1.33. The Bertz CT molecular complexity index is 1310. The summed E-state index contributed by atoms with van der Waals surface area (Å²) in [7, 11) is 1.64. The maximum absolute atomic E-state index is 13.1. The molecule has 0 saturated heterocycles. The smallest absolute Gasteiger partial charge is 0.262 e.